The summed E-state index contributed by atoms with van der Waals surface area (Å²) < 4.78 is 0. The Hall–Kier alpha value is -1.48. The molecule has 2 rings (SSSR count). The molecule has 3 heteroatoms. The van der Waals surface area contributed by atoms with Gasteiger partial charge in [0.05, 0.1) is 5.69 Å². The Morgan fingerprint density at radius 3 is 2.87 bits per heavy atom. The Balaban J connectivity index is 2.24. The van der Waals surface area contributed by atoms with Gasteiger partial charge in [-0.1, -0.05) is 37.3 Å². The molecule has 76 valence electrons. The zero-order valence-electron chi connectivity index (χ0n) is 8.55. The molecule has 15 heavy (non-hydrogen) atoms. The fourth-order valence-electron chi connectivity index (χ4n) is 1.23. The van der Waals surface area contributed by atoms with Crippen LogP contribution in [-0.2, 0) is 0 Å². The standard InChI is InChI=1S/C12H12N2S/c1-2-8-13-12-14-11(9-15-12)10-6-4-3-5-7-10/h3-9H,2H2,1H3. The van der Waals surface area contributed by atoms with Crippen LogP contribution in [0.1, 0.15) is 13.3 Å². The van der Waals surface area contributed by atoms with Gasteiger partial charge in [-0.25, -0.2) is 9.98 Å². The molecule has 0 radical (unpaired) electrons. The molecule has 0 spiro atoms. The summed E-state index contributed by atoms with van der Waals surface area (Å²) in [7, 11) is 0. The monoisotopic (exact) mass is 216 g/mol. The van der Waals surface area contributed by atoms with Crippen LogP contribution in [-0.4, -0.2) is 11.2 Å². The maximum Gasteiger partial charge on any atom is 0.209 e. The predicted octanol–water partition coefficient (Wildman–Crippen LogP) is 3.92. The van der Waals surface area contributed by atoms with E-state index in [0.29, 0.717) is 0 Å². The summed E-state index contributed by atoms with van der Waals surface area (Å²) in [6, 6.07) is 10.2. The average Bonchev–Trinajstić information content (AvgIpc) is 2.76. The van der Waals surface area contributed by atoms with E-state index in [1.165, 1.54) is 0 Å². The van der Waals surface area contributed by atoms with Gasteiger partial charge in [0.15, 0.2) is 0 Å². The third-order valence-electron chi connectivity index (χ3n) is 1.95. The van der Waals surface area contributed by atoms with Gasteiger partial charge < -0.3 is 0 Å². The normalized spacial score (nSPS) is 11.0. The topological polar surface area (TPSA) is 25.2 Å². The second-order valence-electron chi connectivity index (χ2n) is 3.10. The van der Waals surface area contributed by atoms with Crippen LogP contribution >= 0.6 is 11.3 Å². The number of aromatic nitrogens is 1. The summed E-state index contributed by atoms with van der Waals surface area (Å²) in [4.78, 5) is 8.69. The molecule has 0 atom stereocenters. The van der Waals surface area contributed by atoms with Crippen LogP contribution in [0.25, 0.3) is 11.3 Å². The maximum absolute atomic E-state index is 4.44. The van der Waals surface area contributed by atoms with Gasteiger partial charge in [-0.05, 0) is 6.42 Å². The van der Waals surface area contributed by atoms with Gasteiger partial charge in [-0.15, -0.1) is 11.3 Å². The Labute approximate surface area is 93.3 Å². The summed E-state index contributed by atoms with van der Waals surface area (Å²) in [5.41, 5.74) is 2.15. The van der Waals surface area contributed by atoms with Gasteiger partial charge in [0.25, 0.3) is 0 Å². The lowest BCUT2D eigenvalue weighted by Gasteiger charge is -1.92. The van der Waals surface area contributed by atoms with Crippen LogP contribution in [0.3, 0.4) is 0 Å². The molecule has 2 aromatic rings. The molecule has 0 aliphatic heterocycles. The lowest BCUT2D eigenvalue weighted by atomic mass is 10.2. The smallest absolute Gasteiger partial charge is 0.209 e. The van der Waals surface area contributed by atoms with E-state index in [1.54, 1.807) is 11.3 Å². The van der Waals surface area contributed by atoms with E-state index in [9.17, 15) is 0 Å². The molecule has 0 amide bonds. The second-order valence-corrected chi connectivity index (χ2v) is 3.94. The van der Waals surface area contributed by atoms with Crippen LogP contribution < -0.4 is 0 Å². The Morgan fingerprint density at radius 1 is 1.33 bits per heavy atom. The van der Waals surface area contributed by atoms with E-state index in [0.717, 1.165) is 22.8 Å². The molecule has 0 saturated carbocycles. The first-order valence-electron chi connectivity index (χ1n) is 4.93. The van der Waals surface area contributed by atoms with Crippen LogP contribution in [0.4, 0.5) is 5.13 Å². The van der Waals surface area contributed by atoms with Gasteiger partial charge >= 0.3 is 0 Å². The average molecular weight is 216 g/mol. The van der Waals surface area contributed by atoms with Crippen molar-refractivity contribution in [1.29, 1.82) is 0 Å². The van der Waals surface area contributed by atoms with Crippen molar-refractivity contribution >= 4 is 22.7 Å². The van der Waals surface area contributed by atoms with Crippen LogP contribution in [0.2, 0.25) is 0 Å². The molecular formula is C12H12N2S. The number of rotatable bonds is 3. The van der Waals surface area contributed by atoms with Gasteiger partial charge in [-0.3, -0.25) is 0 Å². The SMILES string of the molecule is CCC=Nc1nc(-c2ccccc2)cs1. The maximum atomic E-state index is 4.44. The Morgan fingerprint density at radius 2 is 2.13 bits per heavy atom. The number of thiazole rings is 1. The highest BCUT2D eigenvalue weighted by atomic mass is 32.1. The van der Waals surface area contributed by atoms with Crippen LogP contribution in [0, 0.1) is 0 Å². The summed E-state index contributed by atoms with van der Waals surface area (Å²) in [5, 5.41) is 2.87. The summed E-state index contributed by atoms with van der Waals surface area (Å²) >= 11 is 1.58. The zero-order valence-corrected chi connectivity index (χ0v) is 9.37. The van der Waals surface area contributed by atoms with E-state index in [4.69, 9.17) is 0 Å². The van der Waals surface area contributed by atoms with Crippen molar-refractivity contribution in [3.8, 4) is 11.3 Å². The number of hydrogen-bond donors (Lipinski definition) is 0. The molecule has 0 saturated heterocycles. The Kier molecular flexibility index (Phi) is 3.25. The van der Waals surface area contributed by atoms with Gasteiger partial charge in [0, 0.05) is 17.2 Å². The first-order valence-corrected chi connectivity index (χ1v) is 5.81. The van der Waals surface area contributed by atoms with Crippen molar-refractivity contribution in [2.75, 3.05) is 0 Å². The molecule has 0 N–H and O–H groups in total. The molecule has 0 aliphatic rings. The zero-order chi connectivity index (χ0) is 10.5. The second kappa shape index (κ2) is 4.84. The van der Waals surface area contributed by atoms with E-state index in [-0.39, 0.29) is 0 Å². The predicted molar refractivity (Wildman–Crippen MR) is 66.0 cm³/mol. The molecule has 0 fully saturated rings. The largest absolute Gasteiger partial charge is 0.232 e. The fraction of sp³-hybridized carbons (Fsp3) is 0.167. The molecule has 1 aromatic carbocycles. The third kappa shape index (κ3) is 2.50. The van der Waals surface area contributed by atoms with Crippen molar-refractivity contribution in [1.82, 2.24) is 4.98 Å². The lowest BCUT2D eigenvalue weighted by Crippen LogP contribution is -1.75. The van der Waals surface area contributed by atoms with Crippen LogP contribution in [0.15, 0.2) is 40.7 Å². The summed E-state index contributed by atoms with van der Waals surface area (Å²) in [6.07, 6.45) is 2.83. The summed E-state index contributed by atoms with van der Waals surface area (Å²) in [5.74, 6) is 0. The molecule has 0 aliphatic carbocycles. The molecule has 0 bridgehead atoms. The molecule has 1 aromatic heterocycles. The van der Waals surface area contributed by atoms with Gasteiger partial charge in [0.1, 0.15) is 0 Å². The van der Waals surface area contributed by atoms with Gasteiger partial charge in [-0.2, -0.15) is 0 Å². The van der Waals surface area contributed by atoms with Crippen LogP contribution in [0.5, 0.6) is 0 Å². The summed E-state index contributed by atoms with van der Waals surface area (Å²) in [6.45, 7) is 2.06. The van der Waals surface area contributed by atoms with Crippen molar-refractivity contribution in [3.63, 3.8) is 0 Å². The number of hydrogen-bond acceptors (Lipinski definition) is 3. The van der Waals surface area contributed by atoms with E-state index < -0.39 is 0 Å². The highest BCUT2D eigenvalue weighted by Gasteiger charge is 2.01. The lowest BCUT2D eigenvalue weighted by molar-refractivity contribution is 1.29. The fourth-order valence-corrected chi connectivity index (χ4v) is 1.93. The third-order valence-corrected chi connectivity index (χ3v) is 2.69. The minimum absolute atomic E-state index is 0.829. The van der Waals surface area contributed by atoms with E-state index >= 15 is 0 Å². The van der Waals surface area contributed by atoms with Crippen molar-refractivity contribution in [2.45, 2.75) is 13.3 Å². The number of nitrogens with zero attached hydrogens (tertiary/aromatic N) is 2. The van der Waals surface area contributed by atoms with Crippen molar-refractivity contribution < 1.29 is 0 Å². The first-order chi connectivity index (χ1) is 7.40. The molecule has 2 nitrogen and oxygen atoms in total. The van der Waals surface area contributed by atoms with Crippen molar-refractivity contribution in [3.05, 3.63) is 35.7 Å². The first kappa shape index (κ1) is 10.1. The minimum atomic E-state index is 0.829. The van der Waals surface area contributed by atoms with Gasteiger partial charge in [0.2, 0.25) is 5.13 Å². The highest BCUT2D eigenvalue weighted by molar-refractivity contribution is 7.13. The van der Waals surface area contributed by atoms with Crippen molar-refractivity contribution in [2.24, 2.45) is 4.99 Å². The number of aliphatic imine (C=N–C) groups is 1. The quantitative estimate of drug-likeness (QED) is 0.714. The number of benzene rings is 1. The molecule has 1 heterocycles. The van der Waals surface area contributed by atoms with E-state index in [1.807, 2.05) is 29.8 Å². The Bertz CT molecular complexity index is 446. The molecule has 0 unspecified atom stereocenters. The highest BCUT2D eigenvalue weighted by Crippen LogP contribution is 2.26. The van der Waals surface area contributed by atoms with E-state index in [2.05, 4.69) is 29.0 Å². The molecular weight excluding hydrogens is 204 g/mol. The minimum Gasteiger partial charge on any atom is -0.232 e.